The van der Waals surface area contributed by atoms with E-state index in [0.717, 1.165) is 32.2 Å². The molecule has 0 atom stereocenters. The number of rotatable bonds is 1. The molecule has 14 heavy (non-hydrogen) atoms. The summed E-state index contributed by atoms with van der Waals surface area (Å²) in [4.78, 5) is 13.4. The minimum absolute atomic E-state index is 0.109. The average Bonchev–Trinajstić information content (AvgIpc) is 2.20. The SMILES string of the molecule is O=C1COCCN1C1CCC(O)CC1. The smallest absolute Gasteiger partial charge is 0.248 e. The Bertz CT molecular complexity index is 211. The topological polar surface area (TPSA) is 49.8 Å². The van der Waals surface area contributed by atoms with Crippen molar-refractivity contribution < 1.29 is 14.6 Å². The van der Waals surface area contributed by atoms with Crippen LogP contribution in [0.2, 0.25) is 0 Å². The minimum atomic E-state index is -0.151. The van der Waals surface area contributed by atoms with Gasteiger partial charge in [0.25, 0.3) is 0 Å². The molecule has 1 saturated carbocycles. The van der Waals surface area contributed by atoms with Crippen molar-refractivity contribution in [2.24, 2.45) is 0 Å². The number of hydrogen-bond donors (Lipinski definition) is 1. The third-order valence-electron chi connectivity index (χ3n) is 3.13. The normalized spacial score (nSPS) is 34.6. The zero-order valence-electron chi connectivity index (χ0n) is 8.32. The van der Waals surface area contributed by atoms with Crippen molar-refractivity contribution in [1.82, 2.24) is 4.90 Å². The van der Waals surface area contributed by atoms with Gasteiger partial charge in [-0.25, -0.2) is 0 Å². The third-order valence-corrected chi connectivity index (χ3v) is 3.13. The summed E-state index contributed by atoms with van der Waals surface area (Å²) in [7, 11) is 0. The molecule has 2 aliphatic rings. The van der Waals surface area contributed by atoms with Gasteiger partial charge in [-0.3, -0.25) is 4.79 Å². The number of amides is 1. The van der Waals surface area contributed by atoms with E-state index in [1.165, 1.54) is 0 Å². The summed E-state index contributed by atoms with van der Waals surface area (Å²) in [6.45, 7) is 1.61. The van der Waals surface area contributed by atoms with Crippen LogP contribution in [0.4, 0.5) is 0 Å². The lowest BCUT2D eigenvalue weighted by Gasteiger charge is -2.37. The summed E-state index contributed by atoms with van der Waals surface area (Å²) in [6.07, 6.45) is 3.38. The predicted octanol–water partition coefficient (Wildman–Crippen LogP) is 0.149. The number of morpholine rings is 1. The Morgan fingerprint density at radius 2 is 2.00 bits per heavy atom. The summed E-state index contributed by atoms with van der Waals surface area (Å²) in [6, 6.07) is 0.342. The van der Waals surface area contributed by atoms with Crippen LogP contribution in [0.25, 0.3) is 0 Å². The maximum atomic E-state index is 11.5. The van der Waals surface area contributed by atoms with Gasteiger partial charge in [0.15, 0.2) is 0 Å². The molecule has 1 heterocycles. The van der Waals surface area contributed by atoms with Crippen molar-refractivity contribution in [3.8, 4) is 0 Å². The van der Waals surface area contributed by atoms with Crippen molar-refractivity contribution in [3.05, 3.63) is 0 Å². The average molecular weight is 199 g/mol. The molecule has 1 aliphatic heterocycles. The standard InChI is InChI=1S/C10H17NO3/c12-9-3-1-8(2-4-9)11-5-6-14-7-10(11)13/h8-9,12H,1-7H2. The Kier molecular flexibility index (Phi) is 3.03. The lowest BCUT2D eigenvalue weighted by molar-refractivity contribution is -0.147. The Morgan fingerprint density at radius 1 is 1.29 bits per heavy atom. The molecular formula is C10H17NO3. The number of carbonyl (C=O) groups is 1. The maximum absolute atomic E-state index is 11.5. The number of nitrogens with zero attached hydrogens (tertiary/aromatic N) is 1. The van der Waals surface area contributed by atoms with Crippen LogP contribution in [0.5, 0.6) is 0 Å². The Labute approximate surface area is 83.8 Å². The molecule has 0 spiro atoms. The quantitative estimate of drug-likeness (QED) is 0.654. The number of carbonyl (C=O) groups excluding carboxylic acids is 1. The molecule has 80 valence electrons. The molecule has 0 radical (unpaired) electrons. The fraction of sp³-hybridized carbons (Fsp3) is 0.900. The second-order valence-electron chi connectivity index (χ2n) is 4.10. The van der Waals surface area contributed by atoms with Gasteiger partial charge in [-0.05, 0) is 25.7 Å². The van der Waals surface area contributed by atoms with Crippen LogP contribution in [0.3, 0.4) is 0 Å². The summed E-state index contributed by atoms with van der Waals surface area (Å²) >= 11 is 0. The highest BCUT2D eigenvalue weighted by atomic mass is 16.5. The summed E-state index contributed by atoms with van der Waals surface area (Å²) in [5.41, 5.74) is 0. The Balaban J connectivity index is 1.90. The van der Waals surface area contributed by atoms with E-state index in [4.69, 9.17) is 4.74 Å². The summed E-state index contributed by atoms with van der Waals surface area (Å²) in [5, 5.41) is 9.36. The molecule has 1 aliphatic carbocycles. The van der Waals surface area contributed by atoms with E-state index in [0.29, 0.717) is 12.6 Å². The number of hydrogen-bond acceptors (Lipinski definition) is 3. The molecule has 2 fully saturated rings. The largest absolute Gasteiger partial charge is 0.393 e. The monoisotopic (exact) mass is 199 g/mol. The fourth-order valence-electron chi connectivity index (χ4n) is 2.29. The van der Waals surface area contributed by atoms with Gasteiger partial charge < -0.3 is 14.7 Å². The predicted molar refractivity (Wildman–Crippen MR) is 50.8 cm³/mol. The van der Waals surface area contributed by atoms with Gasteiger partial charge in [0.1, 0.15) is 6.61 Å². The van der Waals surface area contributed by atoms with Crippen LogP contribution in [-0.2, 0) is 9.53 Å². The lowest BCUT2D eigenvalue weighted by Crippen LogP contribution is -2.49. The van der Waals surface area contributed by atoms with E-state index in [1.807, 2.05) is 4.90 Å². The van der Waals surface area contributed by atoms with Crippen molar-refractivity contribution in [2.45, 2.75) is 37.8 Å². The molecule has 1 amide bonds. The molecule has 0 bridgehead atoms. The molecule has 4 heteroatoms. The molecule has 0 aromatic heterocycles. The first-order valence-electron chi connectivity index (χ1n) is 5.32. The second kappa shape index (κ2) is 4.28. The van der Waals surface area contributed by atoms with E-state index >= 15 is 0 Å². The highest BCUT2D eigenvalue weighted by molar-refractivity contribution is 5.78. The lowest BCUT2D eigenvalue weighted by atomic mass is 9.92. The van der Waals surface area contributed by atoms with Crippen molar-refractivity contribution in [3.63, 3.8) is 0 Å². The molecular weight excluding hydrogens is 182 g/mol. The second-order valence-corrected chi connectivity index (χ2v) is 4.10. The zero-order valence-corrected chi connectivity index (χ0v) is 8.32. The Hall–Kier alpha value is -0.610. The highest BCUT2D eigenvalue weighted by Gasteiger charge is 2.29. The molecule has 0 unspecified atom stereocenters. The van der Waals surface area contributed by atoms with Gasteiger partial charge in [0, 0.05) is 12.6 Å². The molecule has 1 N–H and O–H groups in total. The highest BCUT2D eigenvalue weighted by Crippen LogP contribution is 2.23. The van der Waals surface area contributed by atoms with E-state index in [-0.39, 0.29) is 18.6 Å². The van der Waals surface area contributed by atoms with Crippen LogP contribution < -0.4 is 0 Å². The molecule has 1 saturated heterocycles. The van der Waals surface area contributed by atoms with Gasteiger partial charge in [-0.1, -0.05) is 0 Å². The van der Waals surface area contributed by atoms with Crippen LogP contribution in [0.15, 0.2) is 0 Å². The molecule has 0 aromatic rings. The van der Waals surface area contributed by atoms with Gasteiger partial charge in [0.2, 0.25) is 5.91 Å². The van der Waals surface area contributed by atoms with Gasteiger partial charge in [-0.15, -0.1) is 0 Å². The van der Waals surface area contributed by atoms with Crippen LogP contribution in [-0.4, -0.2) is 47.8 Å². The first-order chi connectivity index (χ1) is 6.77. The van der Waals surface area contributed by atoms with Gasteiger partial charge >= 0.3 is 0 Å². The molecule has 4 nitrogen and oxygen atoms in total. The van der Waals surface area contributed by atoms with E-state index in [1.54, 1.807) is 0 Å². The minimum Gasteiger partial charge on any atom is -0.393 e. The van der Waals surface area contributed by atoms with Crippen molar-refractivity contribution in [2.75, 3.05) is 19.8 Å². The molecule has 0 aromatic carbocycles. The molecule has 2 rings (SSSR count). The Morgan fingerprint density at radius 3 is 2.64 bits per heavy atom. The van der Waals surface area contributed by atoms with E-state index < -0.39 is 0 Å². The van der Waals surface area contributed by atoms with Gasteiger partial charge in [0.05, 0.1) is 12.7 Å². The first-order valence-corrected chi connectivity index (χ1v) is 5.32. The first kappa shape index (κ1) is 9.93. The summed E-state index contributed by atoms with van der Waals surface area (Å²) in [5.74, 6) is 0.109. The zero-order chi connectivity index (χ0) is 9.97. The number of ether oxygens (including phenoxy) is 1. The number of aliphatic hydroxyl groups excluding tert-OH is 1. The fourth-order valence-corrected chi connectivity index (χ4v) is 2.29. The van der Waals surface area contributed by atoms with E-state index in [9.17, 15) is 9.90 Å². The van der Waals surface area contributed by atoms with E-state index in [2.05, 4.69) is 0 Å². The van der Waals surface area contributed by atoms with Crippen LogP contribution in [0.1, 0.15) is 25.7 Å². The maximum Gasteiger partial charge on any atom is 0.248 e. The van der Waals surface area contributed by atoms with Crippen molar-refractivity contribution >= 4 is 5.91 Å². The van der Waals surface area contributed by atoms with Crippen molar-refractivity contribution in [1.29, 1.82) is 0 Å². The third kappa shape index (κ3) is 2.07. The number of aliphatic hydroxyl groups is 1. The van der Waals surface area contributed by atoms with Crippen LogP contribution >= 0.6 is 0 Å². The summed E-state index contributed by atoms with van der Waals surface area (Å²) < 4.78 is 5.08. The van der Waals surface area contributed by atoms with Crippen LogP contribution in [0, 0.1) is 0 Å². The van der Waals surface area contributed by atoms with Gasteiger partial charge in [-0.2, -0.15) is 0 Å².